The number of carbonyl (C=O) groups is 1. The van der Waals surface area contributed by atoms with Gasteiger partial charge in [-0.05, 0) is 67.2 Å². The lowest BCUT2D eigenvalue weighted by Crippen LogP contribution is -2.37. The number of benzene rings is 2. The summed E-state index contributed by atoms with van der Waals surface area (Å²) in [7, 11) is 0. The number of nitrogens with zero attached hydrogens (tertiary/aromatic N) is 4. The van der Waals surface area contributed by atoms with E-state index in [0.29, 0.717) is 41.7 Å². The molecule has 1 N–H and O–H groups in total. The lowest BCUT2D eigenvalue weighted by Gasteiger charge is -2.30. The van der Waals surface area contributed by atoms with Crippen LogP contribution in [-0.4, -0.2) is 52.2 Å². The number of anilines is 1. The average Bonchev–Trinajstić information content (AvgIpc) is 3.53. The van der Waals surface area contributed by atoms with Crippen molar-refractivity contribution in [3.63, 3.8) is 0 Å². The third-order valence-electron chi connectivity index (χ3n) is 7.11. The predicted molar refractivity (Wildman–Crippen MR) is 137 cm³/mol. The first-order valence-corrected chi connectivity index (χ1v) is 13.0. The number of aromatic nitrogens is 3. The Morgan fingerprint density at radius 2 is 1.77 bits per heavy atom. The molecular formula is C28H26F2N4O6. The average molecular weight is 553 g/mol. The van der Waals surface area contributed by atoms with Gasteiger partial charge in [-0.25, -0.2) is 4.79 Å². The summed E-state index contributed by atoms with van der Waals surface area (Å²) in [5.74, 6) is 0.822. The third kappa shape index (κ3) is 5.53. The molecule has 12 heteroatoms. The van der Waals surface area contributed by atoms with Gasteiger partial charge in [-0.1, -0.05) is 17.3 Å². The van der Waals surface area contributed by atoms with E-state index in [1.54, 1.807) is 30.3 Å². The van der Waals surface area contributed by atoms with Gasteiger partial charge in [0.05, 0.1) is 18.3 Å². The molecule has 10 nitrogen and oxygen atoms in total. The van der Waals surface area contributed by atoms with Crippen LogP contribution in [0.25, 0.3) is 22.7 Å². The summed E-state index contributed by atoms with van der Waals surface area (Å²) < 4.78 is 48.1. The number of piperidine rings is 1. The molecule has 1 aliphatic carbocycles. The van der Waals surface area contributed by atoms with Crippen LogP contribution >= 0.6 is 0 Å². The molecule has 40 heavy (non-hydrogen) atoms. The molecule has 1 aliphatic heterocycles. The number of para-hydroxylation sites is 1. The van der Waals surface area contributed by atoms with Crippen molar-refractivity contribution in [3.05, 3.63) is 65.4 Å². The maximum Gasteiger partial charge on any atom is 0.387 e. The molecular weight excluding hydrogens is 526 g/mol. The van der Waals surface area contributed by atoms with Gasteiger partial charge in [0.2, 0.25) is 0 Å². The first-order valence-electron chi connectivity index (χ1n) is 13.0. The van der Waals surface area contributed by atoms with Crippen molar-refractivity contribution < 1.29 is 37.2 Å². The number of ether oxygens (including phenoxy) is 2. The van der Waals surface area contributed by atoms with E-state index in [1.807, 2.05) is 4.90 Å². The maximum atomic E-state index is 13.0. The number of halogens is 2. The molecule has 2 fully saturated rings. The monoisotopic (exact) mass is 552 g/mol. The van der Waals surface area contributed by atoms with Crippen molar-refractivity contribution in [1.82, 2.24) is 15.3 Å². The molecule has 0 atom stereocenters. The van der Waals surface area contributed by atoms with E-state index in [0.717, 1.165) is 37.0 Å². The maximum absolute atomic E-state index is 13.0. The van der Waals surface area contributed by atoms with E-state index in [1.165, 1.54) is 18.2 Å². The summed E-state index contributed by atoms with van der Waals surface area (Å²) in [6.45, 7) is -1.40. The number of carboxylic acid groups (broad SMARTS) is 1. The van der Waals surface area contributed by atoms with Crippen LogP contribution in [0.4, 0.5) is 14.7 Å². The van der Waals surface area contributed by atoms with Crippen LogP contribution in [0.1, 0.15) is 53.3 Å². The first kappa shape index (κ1) is 25.9. The minimum absolute atomic E-state index is 0.0338. The molecule has 6 rings (SSSR count). The standard InChI is InChI=1S/C28H26F2N4O6/c29-27(30)38-22-4-2-1-3-20(22)23-21(24(39-32-23)16-5-6-16)15-37-19-11-13-34(14-12-19)28-31-25(40-33-28)17-7-9-18(10-8-17)26(35)36/h1-4,7-10,16,19,27H,5-6,11-15H2,(H,35,36). The largest absolute Gasteiger partial charge is 0.478 e. The molecule has 0 unspecified atom stereocenters. The lowest BCUT2D eigenvalue weighted by molar-refractivity contribution is -0.0494. The van der Waals surface area contributed by atoms with Crippen molar-refractivity contribution >= 4 is 11.9 Å². The van der Waals surface area contributed by atoms with Gasteiger partial charge in [-0.2, -0.15) is 13.8 Å². The minimum atomic E-state index is -2.95. The van der Waals surface area contributed by atoms with E-state index in [-0.39, 0.29) is 29.9 Å². The van der Waals surface area contributed by atoms with Crippen LogP contribution in [0, 0.1) is 0 Å². The zero-order valence-corrected chi connectivity index (χ0v) is 21.3. The second kappa shape index (κ2) is 11.0. The van der Waals surface area contributed by atoms with E-state index in [4.69, 9.17) is 23.6 Å². The van der Waals surface area contributed by atoms with Crippen LogP contribution in [0.15, 0.2) is 57.6 Å². The van der Waals surface area contributed by atoms with Gasteiger partial charge in [0, 0.05) is 35.7 Å². The number of aromatic carboxylic acids is 1. The third-order valence-corrected chi connectivity index (χ3v) is 7.11. The molecule has 1 saturated heterocycles. The highest BCUT2D eigenvalue weighted by Gasteiger charge is 2.34. The van der Waals surface area contributed by atoms with Crippen molar-refractivity contribution in [2.24, 2.45) is 0 Å². The first-order chi connectivity index (χ1) is 19.5. The molecule has 0 spiro atoms. The van der Waals surface area contributed by atoms with E-state index < -0.39 is 12.6 Å². The number of hydrogen-bond acceptors (Lipinski definition) is 9. The highest BCUT2D eigenvalue weighted by Crippen LogP contribution is 2.45. The molecule has 0 amide bonds. The number of rotatable bonds is 10. The summed E-state index contributed by atoms with van der Waals surface area (Å²) in [6.07, 6.45) is 3.40. The Balaban J connectivity index is 1.10. The van der Waals surface area contributed by atoms with Crippen LogP contribution in [0.5, 0.6) is 5.75 Å². The quantitative estimate of drug-likeness (QED) is 0.260. The molecule has 0 radical (unpaired) electrons. The van der Waals surface area contributed by atoms with Crippen LogP contribution in [0.3, 0.4) is 0 Å². The van der Waals surface area contributed by atoms with Crippen molar-refractivity contribution in [3.8, 4) is 28.5 Å². The second-order valence-corrected chi connectivity index (χ2v) is 9.80. The lowest BCUT2D eigenvalue weighted by atomic mass is 10.0. The summed E-state index contributed by atoms with van der Waals surface area (Å²) in [6, 6.07) is 12.8. The van der Waals surface area contributed by atoms with Gasteiger partial charge in [0.15, 0.2) is 0 Å². The Morgan fingerprint density at radius 1 is 1.02 bits per heavy atom. The van der Waals surface area contributed by atoms with Gasteiger partial charge in [-0.15, -0.1) is 0 Å². The van der Waals surface area contributed by atoms with Gasteiger partial charge in [0.25, 0.3) is 11.8 Å². The van der Waals surface area contributed by atoms with Crippen LogP contribution < -0.4 is 9.64 Å². The fraction of sp³-hybridized carbons (Fsp3) is 0.357. The predicted octanol–water partition coefficient (Wildman–Crippen LogP) is 5.75. The molecule has 4 aromatic rings. The number of alkyl halides is 2. The zero-order chi connectivity index (χ0) is 27.6. The Labute approximate surface area is 227 Å². The van der Waals surface area contributed by atoms with Gasteiger partial charge in [-0.3, -0.25) is 0 Å². The Kier molecular flexibility index (Phi) is 7.16. The summed E-state index contributed by atoms with van der Waals surface area (Å²) >= 11 is 0. The molecule has 2 aliphatic rings. The van der Waals surface area contributed by atoms with Gasteiger partial charge in [0.1, 0.15) is 17.2 Å². The molecule has 0 bridgehead atoms. The van der Waals surface area contributed by atoms with Gasteiger partial charge >= 0.3 is 12.6 Å². The number of hydrogen-bond donors (Lipinski definition) is 1. The summed E-state index contributed by atoms with van der Waals surface area (Å²) in [5, 5.41) is 17.4. The normalized spacial score (nSPS) is 16.0. The fourth-order valence-corrected chi connectivity index (χ4v) is 4.84. The zero-order valence-electron chi connectivity index (χ0n) is 21.3. The Morgan fingerprint density at radius 3 is 2.48 bits per heavy atom. The van der Waals surface area contributed by atoms with E-state index >= 15 is 0 Å². The summed E-state index contributed by atoms with van der Waals surface area (Å²) in [5.41, 5.74) is 2.49. The highest BCUT2D eigenvalue weighted by molar-refractivity contribution is 5.88. The minimum Gasteiger partial charge on any atom is -0.478 e. The van der Waals surface area contributed by atoms with E-state index in [9.17, 15) is 13.6 Å². The van der Waals surface area contributed by atoms with E-state index in [2.05, 4.69) is 15.3 Å². The van der Waals surface area contributed by atoms with Crippen molar-refractivity contribution in [2.45, 2.75) is 50.9 Å². The summed E-state index contributed by atoms with van der Waals surface area (Å²) in [4.78, 5) is 17.6. The molecule has 1 saturated carbocycles. The van der Waals surface area contributed by atoms with Crippen molar-refractivity contribution in [2.75, 3.05) is 18.0 Å². The second-order valence-electron chi connectivity index (χ2n) is 9.80. The molecule has 3 heterocycles. The van der Waals surface area contributed by atoms with Crippen molar-refractivity contribution in [1.29, 1.82) is 0 Å². The van der Waals surface area contributed by atoms with Crippen LogP contribution in [-0.2, 0) is 11.3 Å². The van der Waals surface area contributed by atoms with Crippen LogP contribution in [0.2, 0.25) is 0 Å². The highest BCUT2D eigenvalue weighted by atomic mass is 19.3. The smallest absolute Gasteiger partial charge is 0.387 e. The van der Waals surface area contributed by atoms with Gasteiger partial charge < -0.3 is 28.5 Å². The topological polar surface area (TPSA) is 124 Å². The fourth-order valence-electron chi connectivity index (χ4n) is 4.84. The number of carboxylic acids is 1. The molecule has 2 aromatic carbocycles. The Hall–Kier alpha value is -4.32. The SMILES string of the molecule is O=C(O)c1ccc(-c2nc(N3CCC(OCc4c(-c5ccccc5OC(F)F)noc4C4CC4)CC3)no2)cc1. The Bertz CT molecular complexity index is 1480. The molecule has 2 aromatic heterocycles. The molecule has 208 valence electrons.